The molecule has 0 saturated carbocycles. The first-order chi connectivity index (χ1) is 12.5. The second-order valence-electron chi connectivity index (χ2n) is 5.20. The van der Waals surface area contributed by atoms with Crippen LogP contribution in [-0.2, 0) is 4.79 Å². The molecule has 0 spiro atoms. The second-order valence-corrected chi connectivity index (χ2v) is 5.61. The summed E-state index contributed by atoms with van der Waals surface area (Å²) in [5.74, 6) is -0.109. The van der Waals surface area contributed by atoms with Gasteiger partial charge in [0.2, 0.25) is 5.91 Å². The van der Waals surface area contributed by atoms with Gasteiger partial charge in [0, 0.05) is 6.08 Å². The minimum Gasteiger partial charge on any atom is -0.493 e. The molecular formula is C19H19ClN2O4. The van der Waals surface area contributed by atoms with E-state index in [1.54, 1.807) is 42.5 Å². The quantitative estimate of drug-likeness (QED) is 0.726. The first-order valence-electron chi connectivity index (χ1n) is 7.84. The highest BCUT2D eigenvalue weighted by molar-refractivity contribution is 6.32. The Morgan fingerprint density at radius 2 is 2.00 bits per heavy atom. The van der Waals surface area contributed by atoms with E-state index in [2.05, 4.69) is 5.32 Å². The van der Waals surface area contributed by atoms with Crippen molar-refractivity contribution in [2.24, 2.45) is 5.73 Å². The Kier molecular flexibility index (Phi) is 6.63. The summed E-state index contributed by atoms with van der Waals surface area (Å²) in [5, 5.41) is 3.00. The number of anilines is 1. The van der Waals surface area contributed by atoms with Gasteiger partial charge in [-0.25, -0.2) is 0 Å². The molecule has 7 heteroatoms. The normalized spacial score (nSPS) is 10.6. The van der Waals surface area contributed by atoms with Crippen LogP contribution >= 0.6 is 11.6 Å². The van der Waals surface area contributed by atoms with E-state index in [9.17, 15) is 9.59 Å². The van der Waals surface area contributed by atoms with Gasteiger partial charge >= 0.3 is 0 Å². The third-order valence-corrected chi connectivity index (χ3v) is 3.70. The fourth-order valence-corrected chi connectivity index (χ4v) is 2.55. The molecule has 0 fully saturated rings. The van der Waals surface area contributed by atoms with Crippen molar-refractivity contribution in [3.63, 3.8) is 0 Å². The molecule has 0 bridgehead atoms. The molecule has 0 heterocycles. The van der Waals surface area contributed by atoms with Crippen LogP contribution in [0.25, 0.3) is 6.08 Å². The van der Waals surface area contributed by atoms with Crippen LogP contribution in [0.5, 0.6) is 11.5 Å². The van der Waals surface area contributed by atoms with Crippen molar-refractivity contribution in [2.75, 3.05) is 19.0 Å². The summed E-state index contributed by atoms with van der Waals surface area (Å²) in [4.78, 5) is 23.5. The molecule has 0 radical (unpaired) electrons. The van der Waals surface area contributed by atoms with Crippen LogP contribution in [-0.4, -0.2) is 25.5 Å². The van der Waals surface area contributed by atoms with Crippen molar-refractivity contribution < 1.29 is 19.1 Å². The number of ether oxygens (including phenoxy) is 2. The third-order valence-electron chi connectivity index (χ3n) is 3.42. The highest BCUT2D eigenvalue weighted by Crippen LogP contribution is 2.36. The molecule has 0 aliphatic heterocycles. The number of methoxy groups -OCH3 is 1. The van der Waals surface area contributed by atoms with Crippen molar-refractivity contribution in [3.05, 3.63) is 58.6 Å². The van der Waals surface area contributed by atoms with E-state index >= 15 is 0 Å². The number of amides is 2. The summed E-state index contributed by atoms with van der Waals surface area (Å²) in [6.07, 6.45) is 2.90. The minimum atomic E-state index is -0.618. The van der Waals surface area contributed by atoms with Gasteiger partial charge < -0.3 is 20.5 Å². The summed E-state index contributed by atoms with van der Waals surface area (Å²) in [6.45, 7) is 2.30. The smallest absolute Gasteiger partial charge is 0.250 e. The topological polar surface area (TPSA) is 90.6 Å². The largest absolute Gasteiger partial charge is 0.493 e. The number of hydrogen-bond acceptors (Lipinski definition) is 4. The van der Waals surface area contributed by atoms with E-state index in [0.29, 0.717) is 34.4 Å². The average Bonchev–Trinajstić information content (AvgIpc) is 2.62. The Bertz CT molecular complexity index is 849. The third kappa shape index (κ3) is 4.77. The van der Waals surface area contributed by atoms with E-state index in [1.807, 2.05) is 6.92 Å². The molecule has 0 aromatic heterocycles. The van der Waals surface area contributed by atoms with Crippen LogP contribution in [0.15, 0.2) is 42.5 Å². The molecule has 26 heavy (non-hydrogen) atoms. The number of rotatable bonds is 7. The lowest BCUT2D eigenvalue weighted by Crippen LogP contribution is -2.16. The van der Waals surface area contributed by atoms with Crippen LogP contribution < -0.4 is 20.5 Å². The van der Waals surface area contributed by atoms with E-state index in [0.717, 1.165) is 0 Å². The highest BCUT2D eigenvalue weighted by Gasteiger charge is 2.11. The molecule has 2 amide bonds. The number of nitrogens with one attached hydrogen (secondary N) is 1. The van der Waals surface area contributed by atoms with E-state index < -0.39 is 11.8 Å². The number of para-hydroxylation sites is 1. The first kappa shape index (κ1) is 19.3. The van der Waals surface area contributed by atoms with Crippen LogP contribution in [0.2, 0.25) is 5.02 Å². The number of carbonyl (C=O) groups is 2. The number of nitrogens with two attached hydrogens (primary N) is 1. The summed E-state index contributed by atoms with van der Waals surface area (Å²) in [7, 11) is 1.51. The van der Waals surface area contributed by atoms with Gasteiger partial charge in [0.1, 0.15) is 0 Å². The van der Waals surface area contributed by atoms with Crippen LogP contribution in [0, 0.1) is 0 Å². The highest BCUT2D eigenvalue weighted by atomic mass is 35.5. The minimum absolute atomic E-state index is 0.236. The predicted molar refractivity (Wildman–Crippen MR) is 102 cm³/mol. The van der Waals surface area contributed by atoms with E-state index in [-0.39, 0.29) is 5.56 Å². The maximum absolute atomic E-state index is 12.1. The zero-order chi connectivity index (χ0) is 19.1. The van der Waals surface area contributed by atoms with Crippen LogP contribution in [0.4, 0.5) is 5.69 Å². The van der Waals surface area contributed by atoms with Crippen LogP contribution in [0.1, 0.15) is 22.8 Å². The monoisotopic (exact) mass is 374 g/mol. The van der Waals surface area contributed by atoms with Gasteiger partial charge in [-0.05, 0) is 42.8 Å². The molecule has 0 aliphatic rings. The number of benzene rings is 2. The first-order valence-corrected chi connectivity index (χ1v) is 8.22. The predicted octanol–water partition coefficient (Wildman–Crippen LogP) is 3.50. The van der Waals surface area contributed by atoms with Crippen molar-refractivity contribution in [1.82, 2.24) is 0 Å². The fraction of sp³-hybridized carbons (Fsp3) is 0.158. The summed E-state index contributed by atoms with van der Waals surface area (Å²) in [6, 6.07) is 9.87. The maximum Gasteiger partial charge on any atom is 0.250 e. The lowest BCUT2D eigenvalue weighted by atomic mass is 10.1. The molecule has 0 atom stereocenters. The number of halogens is 1. The van der Waals surface area contributed by atoms with Crippen LogP contribution in [0.3, 0.4) is 0 Å². The fourth-order valence-electron chi connectivity index (χ4n) is 2.27. The van der Waals surface area contributed by atoms with E-state index in [4.69, 9.17) is 26.8 Å². The van der Waals surface area contributed by atoms with E-state index in [1.165, 1.54) is 13.2 Å². The Morgan fingerprint density at radius 1 is 1.27 bits per heavy atom. The van der Waals surface area contributed by atoms with Gasteiger partial charge in [0.25, 0.3) is 5.91 Å². The molecular weight excluding hydrogens is 356 g/mol. The van der Waals surface area contributed by atoms with Gasteiger partial charge in [0.05, 0.1) is 30.0 Å². The van der Waals surface area contributed by atoms with Crippen molar-refractivity contribution >= 4 is 35.2 Å². The summed E-state index contributed by atoms with van der Waals surface area (Å²) >= 11 is 6.20. The number of hydrogen-bond donors (Lipinski definition) is 2. The summed E-state index contributed by atoms with van der Waals surface area (Å²) in [5.41, 5.74) is 6.54. The van der Waals surface area contributed by atoms with Crippen molar-refractivity contribution in [3.8, 4) is 11.5 Å². The molecule has 136 valence electrons. The van der Waals surface area contributed by atoms with Gasteiger partial charge in [-0.15, -0.1) is 0 Å². The second kappa shape index (κ2) is 8.92. The van der Waals surface area contributed by atoms with Crippen molar-refractivity contribution in [1.29, 1.82) is 0 Å². The maximum atomic E-state index is 12.1. The molecule has 2 aromatic carbocycles. The van der Waals surface area contributed by atoms with Gasteiger partial charge in [-0.3, -0.25) is 9.59 Å². The Hall–Kier alpha value is -2.99. The average molecular weight is 375 g/mol. The molecule has 0 unspecified atom stereocenters. The Labute approximate surface area is 156 Å². The van der Waals surface area contributed by atoms with Gasteiger partial charge in [-0.1, -0.05) is 23.7 Å². The molecule has 2 rings (SSSR count). The van der Waals surface area contributed by atoms with Crippen molar-refractivity contribution in [2.45, 2.75) is 6.92 Å². The molecule has 0 aliphatic carbocycles. The zero-order valence-electron chi connectivity index (χ0n) is 14.4. The lowest BCUT2D eigenvalue weighted by molar-refractivity contribution is -0.111. The lowest BCUT2D eigenvalue weighted by Gasteiger charge is -2.12. The Balaban J connectivity index is 2.18. The zero-order valence-corrected chi connectivity index (χ0v) is 15.2. The molecule has 6 nitrogen and oxygen atoms in total. The molecule has 0 saturated heterocycles. The number of carbonyl (C=O) groups excluding carboxylic acids is 2. The summed E-state index contributed by atoms with van der Waals surface area (Å²) < 4.78 is 10.7. The number of primary amides is 1. The standard InChI is InChI=1S/C19H19ClN2O4/c1-3-26-18-14(20)10-12(11-16(18)25-2)8-9-17(23)22-15-7-5-4-6-13(15)19(21)24/h4-11H,3H2,1-2H3,(H2,21,24)(H,22,23). The van der Waals surface area contributed by atoms with Gasteiger partial charge in [-0.2, -0.15) is 0 Å². The molecule has 2 aromatic rings. The van der Waals surface area contributed by atoms with Gasteiger partial charge in [0.15, 0.2) is 11.5 Å². The SMILES string of the molecule is CCOc1c(Cl)cc(C=CC(=O)Nc2ccccc2C(N)=O)cc1OC. The molecule has 3 N–H and O–H groups in total. The Morgan fingerprint density at radius 3 is 2.65 bits per heavy atom.